The number of allylic oxidation sites excluding steroid dienone is 2. The lowest BCUT2D eigenvalue weighted by Gasteiger charge is -2.41. The molecule has 0 spiro atoms. The van der Waals surface area contributed by atoms with Gasteiger partial charge in [-0.15, -0.1) is 0 Å². The number of piperazine rings is 1. The van der Waals surface area contributed by atoms with Crippen LogP contribution in [0.3, 0.4) is 0 Å². The molecule has 1 aliphatic heterocycles. The normalized spacial score (nSPS) is 39.0. The van der Waals surface area contributed by atoms with E-state index < -0.39 is 11.9 Å². The van der Waals surface area contributed by atoms with Crippen molar-refractivity contribution in [1.82, 2.24) is 9.80 Å². The van der Waals surface area contributed by atoms with Crippen LogP contribution in [0.1, 0.15) is 19.8 Å². The van der Waals surface area contributed by atoms with Crippen LogP contribution in [0.4, 0.5) is 0 Å². The standard InChI is InChI=1S/C16H24N2O3/c1-3-12-9-18(7-6-17(12)2)15(19)13-10-4-5-11(8-10)14(13)16(20)21/h4-5,10-14H,3,6-9H2,1-2H3,(H,20,21)/t10?,11?,12?,13-,14+/m0/s1. The van der Waals surface area contributed by atoms with E-state index in [4.69, 9.17) is 0 Å². The molecule has 3 unspecified atom stereocenters. The number of carbonyl (C=O) groups is 2. The van der Waals surface area contributed by atoms with Crippen molar-refractivity contribution in [3.05, 3.63) is 12.2 Å². The zero-order valence-electron chi connectivity index (χ0n) is 12.7. The number of rotatable bonds is 3. The number of likely N-dealkylation sites (N-methyl/N-ethyl adjacent to an activating group) is 1. The highest BCUT2D eigenvalue weighted by Crippen LogP contribution is 2.48. The molecule has 2 aliphatic carbocycles. The number of carbonyl (C=O) groups excluding carboxylic acids is 1. The third kappa shape index (κ3) is 2.37. The minimum Gasteiger partial charge on any atom is -0.481 e. The summed E-state index contributed by atoms with van der Waals surface area (Å²) in [5.41, 5.74) is 0. The number of carboxylic acid groups (broad SMARTS) is 1. The van der Waals surface area contributed by atoms with Crippen molar-refractivity contribution >= 4 is 11.9 Å². The molecule has 1 heterocycles. The van der Waals surface area contributed by atoms with Crippen LogP contribution < -0.4 is 0 Å². The predicted molar refractivity (Wildman–Crippen MR) is 78.6 cm³/mol. The zero-order valence-corrected chi connectivity index (χ0v) is 12.7. The van der Waals surface area contributed by atoms with Crippen LogP contribution in [0.5, 0.6) is 0 Å². The molecule has 0 aromatic rings. The highest BCUT2D eigenvalue weighted by molar-refractivity contribution is 5.87. The van der Waals surface area contributed by atoms with Crippen LogP contribution in [-0.4, -0.2) is 59.5 Å². The smallest absolute Gasteiger partial charge is 0.307 e. The predicted octanol–water partition coefficient (Wildman–Crippen LogP) is 1.06. The lowest BCUT2D eigenvalue weighted by Crippen LogP contribution is -2.55. The third-order valence-electron chi connectivity index (χ3n) is 5.59. The van der Waals surface area contributed by atoms with E-state index in [1.54, 1.807) is 0 Å². The second-order valence-corrected chi connectivity index (χ2v) is 6.67. The van der Waals surface area contributed by atoms with Gasteiger partial charge < -0.3 is 10.0 Å². The Morgan fingerprint density at radius 3 is 2.48 bits per heavy atom. The van der Waals surface area contributed by atoms with Crippen LogP contribution in [-0.2, 0) is 9.59 Å². The molecule has 1 N–H and O–H groups in total. The summed E-state index contributed by atoms with van der Waals surface area (Å²) in [7, 11) is 2.09. The average molecular weight is 292 g/mol. The lowest BCUT2D eigenvalue weighted by atomic mass is 9.82. The SMILES string of the molecule is CCC1CN(C(=O)[C@H]2C3C=CC(C3)[C@H]2C(=O)O)CCN1C. The lowest BCUT2D eigenvalue weighted by molar-refractivity contribution is -0.152. The summed E-state index contributed by atoms with van der Waals surface area (Å²) in [4.78, 5) is 28.6. The number of fused-ring (bicyclic) bond motifs is 2. The van der Waals surface area contributed by atoms with E-state index in [9.17, 15) is 14.7 Å². The molecule has 0 radical (unpaired) electrons. The second-order valence-electron chi connectivity index (χ2n) is 6.67. The van der Waals surface area contributed by atoms with E-state index in [2.05, 4.69) is 24.9 Å². The van der Waals surface area contributed by atoms with Crippen LogP contribution in [0.25, 0.3) is 0 Å². The number of aliphatic carboxylic acids is 1. The Labute approximate surface area is 125 Å². The van der Waals surface area contributed by atoms with Crippen LogP contribution in [0.15, 0.2) is 12.2 Å². The molecule has 5 nitrogen and oxygen atoms in total. The van der Waals surface area contributed by atoms with Crippen molar-refractivity contribution < 1.29 is 14.7 Å². The summed E-state index contributed by atoms with van der Waals surface area (Å²) < 4.78 is 0. The minimum atomic E-state index is -0.814. The maximum Gasteiger partial charge on any atom is 0.307 e. The molecule has 116 valence electrons. The van der Waals surface area contributed by atoms with Gasteiger partial charge >= 0.3 is 5.97 Å². The van der Waals surface area contributed by atoms with E-state index in [1.165, 1.54) is 0 Å². The Balaban J connectivity index is 1.76. The molecule has 3 rings (SSSR count). The zero-order chi connectivity index (χ0) is 15.1. The van der Waals surface area contributed by atoms with Crippen molar-refractivity contribution in [2.75, 3.05) is 26.7 Å². The highest BCUT2D eigenvalue weighted by atomic mass is 16.4. The fraction of sp³-hybridized carbons (Fsp3) is 0.750. The molecule has 0 aromatic heterocycles. The average Bonchev–Trinajstić information content (AvgIpc) is 3.07. The quantitative estimate of drug-likeness (QED) is 0.790. The Kier molecular flexibility index (Phi) is 3.78. The first-order chi connectivity index (χ1) is 10.0. The maximum absolute atomic E-state index is 12.9. The first-order valence-electron chi connectivity index (χ1n) is 7.93. The molecule has 1 saturated carbocycles. The summed E-state index contributed by atoms with van der Waals surface area (Å²) in [5.74, 6) is -1.44. The van der Waals surface area contributed by atoms with Gasteiger partial charge in [-0.3, -0.25) is 14.5 Å². The number of hydrogen-bond acceptors (Lipinski definition) is 3. The maximum atomic E-state index is 12.9. The first-order valence-corrected chi connectivity index (χ1v) is 7.93. The molecule has 21 heavy (non-hydrogen) atoms. The van der Waals surface area contributed by atoms with Gasteiger partial charge in [0, 0.05) is 25.7 Å². The van der Waals surface area contributed by atoms with E-state index in [-0.39, 0.29) is 23.7 Å². The molecule has 1 amide bonds. The fourth-order valence-electron chi connectivity index (χ4n) is 4.29. The summed E-state index contributed by atoms with van der Waals surface area (Å²) in [6, 6.07) is 0.389. The van der Waals surface area contributed by atoms with Gasteiger partial charge in [0.25, 0.3) is 0 Å². The molecular weight excluding hydrogens is 268 g/mol. The summed E-state index contributed by atoms with van der Waals surface area (Å²) in [6.07, 6.45) is 5.89. The van der Waals surface area contributed by atoms with Gasteiger partial charge in [-0.2, -0.15) is 0 Å². The Bertz CT molecular complexity index is 476. The number of carboxylic acids is 1. The van der Waals surface area contributed by atoms with Gasteiger partial charge in [0.05, 0.1) is 11.8 Å². The number of hydrogen-bond donors (Lipinski definition) is 1. The van der Waals surface area contributed by atoms with Crippen molar-refractivity contribution in [3.63, 3.8) is 0 Å². The van der Waals surface area contributed by atoms with Gasteiger partial charge in [0.2, 0.25) is 5.91 Å². The molecule has 5 atom stereocenters. The second kappa shape index (κ2) is 5.44. The largest absolute Gasteiger partial charge is 0.481 e. The molecule has 0 aromatic carbocycles. The topological polar surface area (TPSA) is 60.9 Å². The van der Waals surface area contributed by atoms with Crippen molar-refractivity contribution in [2.24, 2.45) is 23.7 Å². The van der Waals surface area contributed by atoms with Gasteiger partial charge in [-0.25, -0.2) is 0 Å². The Hall–Kier alpha value is -1.36. The first kappa shape index (κ1) is 14.6. The molecule has 5 heteroatoms. The highest BCUT2D eigenvalue weighted by Gasteiger charge is 2.52. The summed E-state index contributed by atoms with van der Waals surface area (Å²) in [5, 5.41) is 9.48. The number of amides is 1. The van der Waals surface area contributed by atoms with Crippen LogP contribution >= 0.6 is 0 Å². The van der Waals surface area contributed by atoms with Crippen molar-refractivity contribution in [1.29, 1.82) is 0 Å². The van der Waals surface area contributed by atoms with E-state index in [1.807, 2.05) is 11.0 Å². The molecule has 2 fully saturated rings. The fourth-order valence-corrected chi connectivity index (χ4v) is 4.29. The minimum absolute atomic E-state index is 0.0517. The monoisotopic (exact) mass is 292 g/mol. The van der Waals surface area contributed by atoms with Crippen LogP contribution in [0.2, 0.25) is 0 Å². The van der Waals surface area contributed by atoms with Gasteiger partial charge in [-0.1, -0.05) is 19.1 Å². The van der Waals surface area contributed by atoms with Gasteiger partial charge in [-0.05, 0) is 31.7 Å². The number of nitrogens with zero attached hydrogens (tertiary/aromatic N) is 2. The van der Waals surface area contributed by atoms with Gasteiger partial charge in [0.15, 0.2) is 0 Å². The van der Waals surface area contributed by atoms with Gasteiger partial charge in [0.1, 0.15) is 0 Å². The van der Waals surface area contributed by atoms with Crippen LogP contribution in [0, 0.1) is 23.7 Å². The van der Waals surface area contributed by atoms with Crippen molar-refractivity contribution in [3.8, 4) is 0 Å². The van der Waals surface area contributed by atoms with Crippen molar-refractivity contribution in [2.45, 2.75) is 25.8 Å². The molecule has 2 bridgehead atoms. The Morgan fingerprint density at radius 1 is 1.19 bits per heavy atom. The van der Waals surface area contributed by atoms with E-state index >= 15 is 0 Å². The summed E-state index contributed by atoms with van der Waals surface area (Å²) >= 11 is 0. The third-order valence-corrected chi connectivity index (χ3v) is 5.59. The molecule has 1 saturated heterocycles. The molecule has 3 aliphatic rings. The molecular formula is C16H24N2O3. The van der Waals surface area contributed by atoms with E-state index in [0.29, 0.717) is 6.04 Å². The summed E-state index contributed by atoms with van der Waals surface area (Å²) in [6.45, 7) is 4.46. The van der Waals surface area contributed by atoms with E-state index in [0.717, 1.165) is 32.5 Å². The Morgan fingerprint density at radius 2 is 1.86 bits per heavy atom.